The molecular formula is C15H20N2O. The van der Waals surface area contributed by atoms with Gasteiger partial charge in [0, 0.05) is 25.6 Å². The molecule has 0 aromatic heterocycles. The van der Waals surface area contributed by atoms with E-state index < -0.39 is 0 Å². The third kappa shape index (κ3) is 1.83. The third-order valence-corrected chi connectivity index (χ3v) is 4.16. The molecule has 0 spiro atoms. The van der Waals surface area contributed by atoms with Crippen molar-refractivity contribution in [2.45, 2.75) is 38.4 Å². The first-order chi connectivity index (χ1) is 8.81. The molecule has 2 saturated heterocycles. The molecule has 2 atom stereocenters. The molecule has 96 valence electrons. The summed E-state index contributed by atoms with van der Waals surface area (Å²) in [5, 5.41) is 0. The van der Waals surface area contributed by atoms with Crippen LogP contribution in [-0.2, 0) is 4.79 Å². The first kappa shape index (κ1) is 11.7. The predicted octanol–water partition coefficient (Wildman–Crippen LogP) is 2.40. The van der Waals surface area contributed by atoms with Gasteiger partial charge in [0.2, 0.25) is 5.91 Å². The molecule has 3 nitrogen and oxygen atoms in total. The molecular weight excluding hydrogens is 224 g/mol. The van der Waals surface area contributed by atoms with Gasteiger partial charge in [0.25, 0.3) is 0 Å². The van der Waals surface area contributed by atoms with Crippen LogP contribution in [-0.4, -0.2) is 34.8 Å². The Kier molecular flexibility index (Phi) is 3.08. The van der Waals surface area contributed by atoms with Gasteiger partial charge in [-0.2, -0.15) is 0 Å². The Labute approximate surface area is 108 Å². The first-order valence-corrected chi connectivity index (χ1v) is 6.91. The number of hydrogen-bond acceptors (Lipinski definition) is 2. The van der Waals surface area contributed by atoms with Crippen molar-refractivity contribution in [1.82, 2.24) is 9.80 Å². The quantitative estimate of drug-likeness (QED) is 0.797. The largest absolute Gasteiger partial charge is 0.321 e. The van der Waals surface area contributed by atoms with Gasteiger partial charge in [-0.15, -0.1) is 0 Å². The number of rotatable bonds is 2. The van der Waals surface area contributed by atoms with Gasteiger partial charge in [0.05, 0.1) is 0 Å². The SMILES string of the molecule is CCC(=O)N1CC2CCCN2C1c1ccccc1. The lowest BCUT2D eigenvalue weighted by Crippen LogP contribution is -2.34. The zero-order chi connectivity index (χ0) is 12.5. The summed E-state index contributed by atoms with van der Waals surface area (Å²) in [5.41, 5.74) is 1.25. The van der Waals surface area contributed by atoms with Crippen molar-refractivity contribution in [3.05, 3.63) is 35.9 Å². The summed E-state index contributed by atoms with van der Waals surface area (Å²) < 4.78 is 0. The Bertz CT molecular complexity index is 431. The smallest absolute Gasteiger partial charge is 0.223 e. The van der Waals surface area contributed by atoms with E-state index in [2.05, 4.69) is 34.1 Å². The lowest BCUT2D eigenvalue weighted by molar-refractivity contribution is -0.133. The molecule has 0 aliphatic carbocycles. The maximum atomic E-state index is 12.1. The minimum Gasteiger partial charge on any atom is -0.321 e. The Hall–Kier alpha value is -1.35. The van der Waals surface area contributed by atoms with Gasteiger partial charge >= 0.3 is 0 Å². The van der Waals surface area contributed by atoms with Crippen molar-refractivity contribution in [3.63, 3.8) is 0 Å². The van der Waals surface area contributed by atoms with Crippen LogP contribution in [0.3, 0.4) is 0 Å². The Balaban J connectivity index is 1.93. The highest BCUT2D eigenvalue weighted by atomic mass is 16.2. The fraction of sp³-hybridized carbons (Fsp3) is 0.533. The van der Waals surface area contributed by atoms with Gasteiger partial charge in [0.1, 0.15) is 6.17 Å². The van der Waals surface area contributed by atoms with Crippen LogP contribution in [0.25, 0.3) is 0 Å². The lowest BCUT2D eigenvalue weighted by Gasteiger charge is -2.29. The van der Waals surface area contributed by atoms with Crippen LogP contribution in [0.15, 0.2) is 30.3 Å². The standard InChI is InChI=1S/C15H20N2O/c1-2-14(18)17-11-13-9-6-10-16(13)15(17)12-7-4-3-5-8-12/h3-5,7-8,13,15H,2,6,9-11H2,1H3. The van der Waals surface area contributed by atoms with Crippen molar-refractivity contribution >= 4 is 5.91 Å². The van der Waals surface area contributed by atoms with Crippen molar-refractivity contribution in [2.75, 3.05) is 13.1 Å². The minimum atomic E-state index is 0.172. The predicted molar refractivity (Wildman–Crippen MR) is 70.9 cm³/mol. The summed E-state index contributed by atoms with van der Waals surface area (Å²) in [4.78, 5) is 16.7. The van der Waals surface area contributed by atoms with E-state index in [0.29, 0.717) is 12.5 Å². The molecule has 3 heteroatoms. The Morgan fingerprint density at radius 2 is 2.11 bits per heavy atom. The minimum absolute atomic E-state index is 0.172. The second-order valence-corrected chi connectivity index (χ2v) is 5.22. The summed E-state index contributed by atoms with van der Waals surface area (Å²) in [6, 6.07) is 11.0. The molecule has 2 heterocycles. The van der Waals surface area contributed by atoms with Crippen molar-refractivity contribution in [1.29, 1.82) is 0 Å². The lowest BCUT2D eigenvalue weighted by atomic mass is 10.1. The topological polar surface area (TPSA) is 23.6 Å². The van der Waals surface area contributed by atoms with E-state index in [4.69, 9.17) is 0 Å². The molecule has 3 rings (SSSR count). The van der Waals surface area contributed by atoms with Gasteiger partial charge in [-0.05, 0) is 18.4 Å². The maximum Gasteiger partial charge on any atom is 0.223 e. The normalized spacial score (nSPS) is 27.5. The number of hydrogen-bond donors (Lipinski definition) is 0. The van der Waals surface area contributed by atoms with Gasteiger partial charge in [-0.3, -0.25) is 9.69 Å². The average Bonchev–Trinajstić information content (AvgIpc) is 2.98. The molecule has 18 heavy (non-hydrogen) atoms. The van der Waals surface area contributed by atoms with E-state index in [0.717, 1.165) is 13.1 Å². The number of benzene rings is 1. The molecule has 0 bridgehead atoms. The molecule has 0 saturated carbocycles. The third-order valence-electron chi connectivity index (χ3n) is 4.16. The first-order valence-electron chi connectivity index (χ1n) is 6.91. The summed E-state index contributed by atoms with van der Waals surface area (Å²) in [6.45, 7) is 3.98. The molecule has 0 radical (unpaired) electrons. The van der Waals surface area contributed by atoms with E-state index in [1.165, 1.54) is 18.4 Å². The van der Waals surface area contributed by atoms with E-state index in [1.54, 1.807) is 0 Å². The molecule has 1 aromatic rings. The number of nitrogens with zero attached hydrogens (tertiary/aromatic N) is 2. The summed E-state index contributed by atoms with van der Waals surface area (Å²) >= 11 is 0. The van der Waals surface area contributed by atoms with E-state index >= 15 is 0 Å². The van der Waals surface area contributed by atoms with Crippen LogP contribution in [0.2, 0.25) is 0 Å². The zero-order valence-corrected chi connectivity index (χ0v) is 10.9. The molecule has 1 amide bonds. The van der Waals surface area contributed by atoms with E-state index in [1.807, 2.05) is 13.0 Å². The van der Waals surface area contributed by atoms with Crippen LogP contribution in [0, 0.1) is 0 Å². The van der Waals surface area contributed by atoms with Crippen LogP contribution in [0.4, 0.5) is 0 Å². The summed E-state index contributed by atoms with van der Waals surface area (Å²) in [6.07, 6.45) is 3.27. The molecule has 0 N–H and O–H groups in total. The van der Waals surface area contributed by atoms with Crippen molar-refractivity contribution in [3.8, 4) is 0 Å². The van der Waals surface area contributed by atoms with Gasteiger partial charge < -0.3 is 4.90 Å². The van der Waals surface area contributed by atoms with Crippen molar-refractivity contribution < 1.29 is 4.79 Å². The van der Waals surface area contributed by atoms with Crippen molar-refractivity contribution in [2.24, 2.45) is 0 Å². The highest BCUT2D eigenvalue weighted by Crippen LogP contribution is 2.38. The van der Waals surface area contributed by atoms with Gasteiger partial charge in [0.15, 0.2) is 0 Å². The van der Waals surface area contributed by atoms with E-state index in [9.17, 15) is 4.79 Å². The molecule has 2 aliphatic heterocycles. The van der Waals surface area contributed by atoms with Crippen LogP contribution >= 0.6 is 0 Å². The van der Waals surface area contributed by atoms with E-state index in [-0.39, 0.29) is 12.1 Å². The summed E-state index contributed by atoms with van der Waals surface area (Å²) in [5.74, 6) is 0.276. The molecule has 2 fully saturated rings. The number of carbonyl (C=O) groups is 1. The highest BCUT2D eigenvalue weighted by molar-refractivity contribution is 5.76. The zero-order valence-electron chi connectivity index (χ0n) is 10.9. The van der Waals surface area contributed by atoms with Crippen LogP contribution < -0.4 is 0 Å². The molecule has 1 aromatic carbocycles. The van der Waals surface area contributed by atoms with Crippen LogP contribution in [0.1, 0.15) is 37.9 Å². The molecule has 2 aliphatic rings. The summed E-state index contributed by atoms with van der Waals surface area (Å²) in [7, 11) is 0. The Morgan fingerprint density at radius 1 is 1.33 bits per heavy atom. The number of carbonyl (C=O) groups excluding carboxylic acids is 1. The van der Waals surface area contributed by atoms with Crippen LogP contribution in [0.5, 0.6) is 0 Å². The fourth-order valence-electron chi connectivity index (χ4n) is 3.32. The molecule has 2 unspecified atom stereocenters. The highest BCUT2D eigenvalue weighted by Gasteiger charge is 2.43. The average molecular weight is 244 g/mol. The second kappa shape index (κ2) is 4.73. The fourth-order valence-corrected chi connectivity index (χ4v) is 3.32. The number of amides is 1. The number of fused-ring (bicyclic) bond motifs is 1. The second-order valence-electron chi connectivity index (χ2n) is 5.22. The monoisotopic (exact) mass is 244 g/mol. The Morgan fingerprint density at radius 3 is 2.83 bits per heavy atom. The maximum absolute atomic E-state index is 12.1. The van der Waals surface area contributed by atoms with Gasteiger partial charge in [-0.1, -0.05) is 37.3 Å². The van der Waals surface area contributed by atoms with Gasteiger partial charge in [-0.25, -0.2) is 0 Å².